The van der Waals surface area contributed by atoms with Crippen molar-refractivity contribution in [1.29, 1.82) is 0 Å². The molecule has 0 amide bonds. The van der Waals surface area contributed by atoms with Gasteiger partial charge in [-0.25, -0.2) is 5.84 Å². The maximum Gasteiger partial charge on any atom is 0.324 e. The van der Waals surface area contributed by atoms with Gasteiger partial charge in [0.2, 0.25) is 5.95 Å². The molecule has 0 aliphatic rings. The number of aromatic nitrogens is 3. The van der Waals surface area contributed by atoms with Crippen LogP contribution in [0.5, 0.6) is 12.0 Å². The first-order chi connectivity index (χ1) is 8.80. The lowest BCUT2D eigenvalue weighted by atomic mass is 10.5. The zero-order chi connectivity index (χ0) is 13.2. The van der Waals surface area contributed by atoms with Crippen LogP contribution in [0.3, 0.4) is 0 Å². The van der Waals surface area contributed by atoms with E-state index in [0.717, 1.165) is 6.42 Å². The molecular weight excluding hydrogens is 238 g/mol. The molecule has 0 unspecified atom stereocenters. The third kappa shape index (κ3) is 5.11. The Morgan fingerprint density at radius 1 is 1.00 bits per heavy atom. The highest BCUT2D eigenvalue weighted by Gasteiger charge is 2.07. The summed E-state index contributed by atoms with van der Waals surface area (Å²) in [5, 5.41) is 0. The maximum atomic E-state index is 5.32. The van der Waals surface area contributed by atoms with Gasteiger partial charge in [-0.05, 0) is 13.3 Å². The molecule has 0 aliphatic heterocycles. The van der Waals surface area contributed by atoms with Crippen molar-refractivity contribution >= 4 is 5.95 Å². The van der Waals surface area contributed by atoms with Gasteiger partial charge in [-0.15, -0.1) is 4.98 Å². The number of rotatable bonds is 9. The summed E-state index contributed by atoms with van der Waals surface area (Å²) in [6, 6.07) is 0.325. The van der Waals surface area contributed by atoms with E-state index in [1.54, 1.807) is 0 Å². The van der Waals surface area contributed by atoms with E-state index in [1.807, 2.05) is 13.8 Å². The van der Waals surface area contributed by atoms with Crippen LogP contribution in [0.25, 0.3) is 0 Å². The van der Waals surface area contributed by atoms with E-state index in [2.05, 4.69) is 20.4 Å². The number of hydrogen-bond acceptors (Lipinski definition) is 8. The molecule has 1 aromatic heterocycles. The smallest absolute Gasteiger partial charge is 0.324 e. The van der Waals surface area contributed by atoms with E-state index >= 15 is 0 Å². The van der Waals surface area contributed by atoms with Gasteiger partial charge >= 0.3 is 12.0 Å². The standard InChI is InChI=1S/C10H19N5O3/c1-3-5-16-6-7-18-10-13-8(15-11)12-9(14-10)17-4-2/h3-7,11H2,1-2H3,(H,12,13,14,15). The fourth-order valence-electron chi connectivity index (χ4n) is 1.10. The number of nitrogens with one attached hydrogen (secondary N) is 1. The monoisotopic (exact) mass is 257 g/mol. The zero-order valence-electron chi connectivity index (χ0n) is 10.7. The van der Waals surface area contributed by atoms with Crippen molar-refractivity contribution in [3.05, 3.63) is 0 Å². The normalized spacial score (nSPS) is 10.2. The lowest BCUT2D eigenvalue weighted by Gasteiger charge is -2.08. The quantitative estimate of drug-likeness (QED) is 0.371. The number of hydrazine groups is 1. The summed E-state index contributed by atoms with van der Waals surface area (Å²) in [6.07, 6.45) is 0.974. The Hall–Kier alpha value is -1.67. The van der Waals surface area contributed by atoms with Crippen LogP contribution in [0.2, 0.25) is 0 Å². The second-order valence-electron chi connectivity index (χ2n) is 3.26. The number of nitrogens with zero attached hydrogens (tertiary/aromatic N) is 3. The molecule has 0 aromatic carbocycles. The molecular formula is C10H19N5O3. The second-order valence-corrected chi connectivity index (χ2v) is 3.26. The van der Waals surface area contributed by atoms with Gasteiger partial charge in [0, 0.05) is 6.61 Å². The van der Waals surface area contributed by atoms with E-state index in [9.17, 15) is 0 Å². The second kappa shape index (κ2) is 8.43. The predicted molar refractivity (Wildman–Crippen MR) is 65.4 cm³/mol. The zero-order valence-corrected chi connectivity index (χ0v) is 10.7. The molecule has 8 heteroatoms. The van der Waals surface area contributed by atoms with E-state index in [4.69, 9.17) is 20.1 Å². The van der Waals surface area contributed by atoms with Gasteiger partial charge in [-0.1, -0.05) is 6.92 Å². The fraction of sp³-hybridized carbons (Fsp3) is 0.700. The summed E-state index contributed by atoms with van der Waals surface area (Å²) in [5.41, 5.74) is 2.32. The average Bonchev–Trinajstić information content (AvgIpc) is 2.38. The van der Waals surface area contributed by atoms with Gasteiger partial charge in [0.05, 0.1) is 13.2 Å². The molecule has 0 spiro atoms. The van der Waals surface area contributed by atoms with Crippen LogP contribution in [0, 0.1) is 0 Å². The molecule has 0 bridgehead atoms. The molecule has 0 saturated heterocycles. The van der Waals surface area contributed by atoms with Gasteiger partial charge in [-0.3, -0.25) is 5.43 Å². The molecule has 1 rings (SSSR count). The van der Waals surface area contributed by atoms with Crippen molar-refractivity contribution in [3.8, 4) is 12.0 Å². The van der Waals surface area contributed by atoms with E-state index < -0.39 is 0 Å². The Balaban J connectivity index is 2.50. The van der Waals surface area contributed by atoms with Gasteiger partial charge < -0.3 is 14.2 Å². The molecule has 0 radical (unpaired) electrons. The molecule has 8 nitrogen and oxygen atoms in total. The molecule has 18 heavy (non-hydrogen) atoms. The van der Waals surface area contributed by atoms with Crippen molar-refractivity contribution in [3.63, 3.8) is 0 Å². The van der Waals surface area contributed by atoms with Gasteiger partial charge in [-0.2, -0.15) is 9.97 Å². The number of ether oxygens (including phenoxy) is 3. The van der Waals surface area contributed by atoms with Crippen molar-refractivity contribution in [1.82, 2.24) is 15.0 Å². The molecule has 0 saturated carbocycles. The van der Waals surface area contributed by atoms with Crippen LogP contribution in [0.1, 0.15) is 20.3 Å². The van der Waals surface area contributed by atoms with Crippen LogP contribution >= 0.6 is 0 Å². The minimum atomic E-state index is 0.154. The van der Waals surface area contributed by atoms with E-state index in [-0.39, 0.29) is 18.0 Å². The maximum absolute atomic E-state index is 5.32. The first kappa shape index (κ1) is 14.4. The summed E-state index contributed by atoms with van der Waals surface area (Å²) >= 11 is 0. The number of hydrogen-bond donors (Lipinski definition) is 2. The van der Waals surface area contributed by atoms with Crippen molar-refractivity contribution < 1.29 is 14.2 Å². The van der Waals surface area contributed by atoms with Crippen molar-refractivity contribution in [2.45, 2.75) is 20.3 Å². The molecule has 0 fully saturated rings. The summed E-state index contributed by atoms with van der Waals surface area (Å²) in [7, 11) is 0. The van der Waals surface area contributed by atoms with Gasteiger partial charge in [0.25, 0.3) is 0 Å². The third-order valence-electron chi connectivity index (χ3n) is 1.80. The number of anilines is 1. The van der Waals surface area contributed by atoms with E-state index in [1.165, 1.54) is 0 Å². The summed E-state index contributed by atoms with van der Waals surface area (Å²) in [5.74, 6) is 5.43. The molecule has 3 N–H and O–H groups in total. The fourth-order valence-corrected chi connectivity index (χ4v) is 1.10. The Morgan fingerprint density at radius 2 is 1.72 bits per heavy atom. The summed E-state index contributed by atoms with van der Waals surface area (Å²) in [6.45, 7) is 5.88. The van der Waals surface area contributed by atoms with Crippen LogP contribution < -0.4 is 20.7 Å². The number of nitrogens with two attached hydrogens (primary N) is 1. The summed E-state index contributed by atoms with van der Waals surface area (Å²) in [4.78, 5) is 11.8. The van der Waals surface area contributed by atoms with E-state index in [0.29, 0.717) is 26.4 Å². The highest BCUT2D eigenvalue weighted by atomic mass is 16.5. The molecule has 102 valence electrons. The van der Waals surface area contributed by atoms with Crippen LogP contribution in [-0.2, 0) is 4.74 Å². The molecule has 1 heterocycles. The third-order valence-corrected chi connectivity index (χ3v) is 1.80. The topological polar surface area (TPSA) is 104 Å². The molecule has 1 aromatic rings. The minimum Gasteiger partial charge on any atom is -0.464 e. The first-order valence-corrected chi connectivity index (χ1v) is 5.86. The lowest BCUT2D eigenvalue weighted by Crippen LogP contribution is -2.15. The highest BCUT2D eigenvalue weighted by Crippen LogP contribution is 2.11. The Morgan fingerprint density at radius 3 is 2.33 bits per heavy atom. The highest BCUT2D eigenvalue weighted by molar-refractivity contribution is 5.25. The average molecular weight is 257 g/mol. The van der Waals surface area contributed by atoms with Gasteiger partial charge in [0.1, 0.15) is 6.61 Å². The Labute approximate surface area is 106 Å². The predicted octanol–water partition coefficient (Wildman–Crippen LogP) is 0.361. The SMILES string of the molecule is CCCOCCOc1nc(NN)nc(OCC)n1. The lowest BCUT2D eigenvalue weighted by molar-refractivity contribution is 0.0967. The van der Waals surface area contributed by atoms with Crippen molar-refractivity contribution in [2.75, 3.05) is 31.9 Å². The van der Waals surface area contributed by atoms with Crippen LogP contribution in [0.4, 0.5) is 5.95 Å². The largest absolute Gasteiger partial charge is 0.464 e. The van der Waals surface area contributed by atoms with Gasteiger partial charge in [0.15, 0.2) is 0 Å². The Bertz CT molecular complexity index is 350. The summed E-state index contributed by atoms with van der Waals surface area (Å²) < 4.78 is 15.8. The van der Waals surface area contributed by atoms with Crippen LogP contribution in [-0.4, -0.2) is 41.4 Å². The minimum absolute atomic E-state index is 0.154. The first-order valence-electron chi connectivity index (χ1n) is 5.86. The Kier molecular flexibility index (Phi) is 6.74. The van der Waals surface area contributed by atoms with Crippen LogP contribution in [0.15, 0.2) is 0 Å². The van der Waals surface area contributed by atoms with Crippen molar-refractivity contribution in [2.24, 2.45) is 5.84 Å². The molecule has 0 aliphatic carbocycles. The number of nitrogen functional groups attached to an aromatic ring is 1. The molecule has 0 atom stereocenters.